The molecule has 21 heavy (non-hydrogen) atoms. The highest BCUT2D eigenvalue weighted by Gasteiger charge is 2.02. The van der Waals surface area contributed by atoms with Crippen molar-refractivity contribution in [2.75, 3.05) is 6.54 Å². The number of halogens is 1. The third-order valence-electron chi connectivity index (χ3n) is 3.98. The second kappa shape index (κ2) is 11.7. The van der Waals surface area contributed by atoms with Crippen molar-refractivity contribution >= 4 is 0 Å². The third-order valence-corrected chi connectivity index (χ3v) is 3.98. The summed E-state index contributed by atoms with van der Waals surface area (Å²) in [5, 5.41) is 3.56. The van der Waals surface area contributed by atoms with E-state index >= 15 is 0 Å². The molecular weight excluding hydrogens is 261 g/mol. The van der Waals surface area contributed by atoms with Crippen LogP contribution in [0.1, 0.15) is 70.8 Å². The van der Waals surface area contributed by atoms with E-state index in [2.05, 4.69) is 19.2 Å². The Balaban J connectivity index is 1.96. The van der Waals surface area contributed by atoms with E-state index in [1.54, 1.807) is 12.1 Å². The van der Waals surface area contributed by atoms with Gasteiger partial charge >= 0.3 is 0 Å². The molecule has 0 bridgehead atoms. The molecule has 0 aliphatic carbocycles. The zero-order valence-corrected chi connectivity index (χ0v) is 13.8. The summed E-state index contributed by atoms with van der Waals surface area (Å²) in [7, 11) is 0. The van der Waals surface area contributed by atoms with E-state index in [1.807, 2.05) is 12.1 Å². The molecule has 120 valence electrons. The fourth-order valence-electron chi connectivity index (χ4n) is 2.65. The number of rotatable bonds is 12. The molecule has 0 saturated heterocycles. The zero-order valence-electron chi connectivity index (χ0n) is 13.8. The van der Waals surface area contributed by atoms with E-state index in [1.165, 1.54) is 56.9 Å². The lowest BCUT2D eigenvalue weighted by molar-refractivity contribution is 0.507. The first-order valence-corrected chi connectivity index (χ1v) is 8.70. The predicted octanol–water partition coefficient (Wildman–Crippen LogP) is 5.49. The average Bonchev–Trinajstić information content (AvgIpc) is 2.48. The third kappa shape index (κ3) is 9.62. The lowest BCUT2D eigenvalue weighted by atomic mass is 10.1. The van der Waals surface area contributed by atoms with Gasteiger partial charge in [-0.15, -0.1) is 0 Å². The van der Waals surface area contributed by atoms with Crippen LogP contribution in [0, 0.1) is 5.82 Å². The van der Waals surface area contributed by atoms with Crippen LogP contribution in [-0.2, 0) is 6.42 Å². The molecule has 1 unspecified atom stereocenters. The number of benzene rings is 1. The number of unbranched alkanes of at least 4 members (excludes halogenated alkanes) is 7. The Kier molecular flexibility index (Phi) is 10.1. The van der Waals surface area contributed by atoms with Crippen molar-refractivity contribution in [1.29, 1.82) is 0 Å². The molecule has 1 atom stereocenters. The fraction of sp³-hybridized carbons (Fsp3) is 0.684. The maximum atomic E-state index is 12.8. The molecule has 1 N–H and O–H groups in total. The molecule has 1 rings (SSSR count). The monoisotopic (exact) mass is 293 g/mol. The van der Waals surface area contributed by atoms with Crippen LogP contribution < -0.4 is 5.32 Å². The van der Waals surface area contributed by atoms with Crippen LogP contribution in [0.25, 0.3) is 0 Å². The van der Waals surface area contributed by atoms with E-state index in [9.17, 15) is 4.39 Å². The molecule has 1 nitrogen and oxygen atoms in total. The van der Waals surface area contributed by atoms with Crippen molar-refractivity contribution in [2.24, 2.45) is 0 Å². The number of nitrogens with one attached hydrogen (secondary N) is 1. The molecule has 0 amide bonds. The fourth-order valence-corrected chi connectivity index (χ4v) is 2.65. The van der Waals surface area contributed by atoms with E-state index < -0.39 is 0 Å². The first-order valence-electron chi connectivity index (χ1n) is 8.70. The van der Waals surface area contributed by atoms with Gasteiger partial charge in [0.15, 0.2) is 0 Å². The summed E-state index contributed by atoms with van der Waals surface area (Å²) in [5.41, 5.74) is 1.20. The quantitative estimate of drug-likeness (QED) is 0.503. The van der Waals surface area contributed by atoms with Gasteiger partial charge in [-0.3, -0.25) is 0 Å². The Morgan fingerprint density at radius 1 is 0.905 bits per heavy atom. The van der Waals surface area contributed by atoms with Crippen LogP contribution in [0.15, 0.2) is 24.3 Å². The van der Waals surface area contributed by atoms with Crippen molar-refractivity contribution in [3.05, 3.63) is 35.6 Å². The summed E-state index contributed by atoms with van der Waals surface area (Å²) in [6.07, 6.45) is 11.9. The molecule has 0 aliphatic rings. The molecular formula is C19H32FN. The van der Waals surface area contributed by atoms with E-state index in [0.29, 0.717) is 6.04 Å². The van der Waals surface area contributed by atoms with Crippen LogP contribution in [0.3, 0.4) is 0 Å². The maximum absolute atomic E-state index is 12.8. The smallest absolute Gasteiger partial charge is 0.123 e. The SMILES string of the molecule is CCCCCCCCCCNC(C)Cc1ccc(F)cc1. The van der Waals surface area contributed by atoms with Crippen LogP contribution in [-0.4, -0.2) is 12.6 Å². The molecule has 0 aromatic heterocycles. The highest BCUT2D eigenvalue weighted by Crippen LogP contribution is 2.09. The second-order valence-electron chi connectivity index (χ2n) is 6.16. The van der Waals surface area contributed by atoms with Gasteiger partial charge in [0, 0.05) is 6.04 Å². The lowest BCUT2D eigenvalue weighted by Crippen LogP contribution is -2.28. The van der Waals surface area contributed by atoms with Gasteiger partial charge in [0.25, 0.3) is 0 Å². The summed E-state index contributed by atoms with van der Waals surface area (Å²) in [4.78, 5) is 0. The number of hydrogen-bond acceptors (Lipinski definition) is 1. The summed E-state index contributed by atoms with van der Waals surface area (Å²) in [6.45, 7) is 5.56. The molecule has 0 fully saturated rings. The van der Waals surface area contributed by atoms with Gasteiger partial charge in [-0.05, 0) is 44.0 Å². The molecule has 2 heteroatoms. The standard InChI is InChI=1S/C19H32FN/c1-3-4-5-6-7-8-9-10-15-21-17(2)16-18-11-13-19(20)14-12-18/h11-14,17,21H,3-10,15-16H2,1-2H3. The van der Waals surface area contributed by atoms with E-state index in [-0.39, 0.29) is 5.82 Å². The largest absolute Gasteiger partial charge is 0.314 e. The normalized spacial score (nSPS) is 12.5. The second-order valence-corrected chi connectivity index (χ2v) is 6.16. The van der Waals surface area contributed by atoms with E-state index in [4.69, 9.17) is 0 Å². The van der Waals surface area contributed by atoms with Gasteiger partial charge in [0.1, 0.15) is 5.82 Å². The average molecular weight is 293 g/mol. The van der Waals surface area contributed by atoms with Gasteiger partial charge in [-0.2, -0.15) is 0 Å². The van der Waals surface area contributed by atoms with Crippen molar-refractivity contribution in [2.45, 2.75) is 77.7 Å². The molecule has 1 aromatic rings. The van der Waals surface area contributed by atoms with Gasteiger partial charge in [0.2, 0.25) is 0 Å². The Bertz CT molecular complexity index is 347. The van der Waals surface area contributed by atoms with E-state index in [0.717, 1.165) is 13.0 Å². The Hall–Kier alpha value is -0.890. The Morgan fingerprint density at radius 2 is 1.48 bits per heavy atom. The summed E-state index contributed by atoms with van der Waals surface area (Å²) in [6, 6.07) is 7.30. The number of hydrogen-bond donors (Lipinski definition) is 1. The molecule has 0 saturated carbocycles. The lowest BCUT2D eigenvalue weighted by Gasteiger charge is -2.13. The molecule has 0 heterocycles. The summed E-state index contributed by atoms with van der Waals surface area (Å²) < 4.78 is 12.8. The zero-order chi connectivity index (χ0) is 15.3. The highest BCUT2D eigenvalue weighted by atomic mass is 19.1. The minimum absolute atomic E-state index is 0.154. The summed E-state index contributed by atoms with van der Waals surface area (Å²) in [5.74, 6) is -0.154. The summed E-state index contributed by atoms with van der Waals surface area (Å²) >= 11 is 0. The first kappa shape index (κ1) is 18.2. The van der Waals surface area contributed by atoms with Crippen LogP contribution >= 0.6 is 0 Å². The predicted molar refractivity (Wildman–Crippen MR) is 90.2 cm³/mol. The molecule has 0 aliphatic heterocycles. The highest BCUT2D eigenvalue weighted by molar-refractivity contribution is 5.16. The molecule has 0 radical (unpaired) electrons. The van der Waals surface area contributed by atoms with Crippen molar-refractivity contribution in [3.63, 3.8) is 0 Å². The van der Waals surface area contributed by atoms with Gasteiger partial charge in [0.05, 0.1) is 0 Å². The van der Waals surface area contributed by atoms with Crippen molar-refractivity contribution in [1.82, 2.24) is 5.32 Å². The minimum Gasteiger partial charge on any atom is -0.314 e. The van der Waals surface area contributed by atoms with Crippen LogP contribution in [0.2, 0.25) is 0 Å². The maximum Gasteiger partial charge on any atom is 0.123 e. The van der Waals surface area contributed by atoms with Crippen molar-refractivity contribution < 1.29 is 4.39 Å². The first-order chi connectivity index (χ1) is 10.2. The van der Waals surface area contributed by atoms with Gasteiger partial charge in [-0.25, -0.2) is 4.39 Å². The molecule has 0 spiro atoms. The Labute approximate surface area is 130 Å². The Morgan fingerprint density at radius 3 is 2.10 bits per heavy atom. The molecule has 1 aromatic carbocycles. The van der Waals surface area contributed by atoms with Crippen LogP contribution in [0.4, 0.5) is 4.39 Å². The topological polar surface area (TPSA) is 12.0 Å². The minimum atomic E-state index is -0.154. The van der Waals surface area contributed by atoms with Gasteiger partial charge < -0.3 is 5.32 Å². The van der Waals surface area contributed by atoms with Gasteiger partial charge in [-0.1, -0.05) is 64.0 Å². The van der Waals surface area contributed by atoms with Crippen LogP contribution in [0.5, 0.6) is 0 Å². The van der Waals surface area contributed by atoms with Crippen molar-refractivity contribution in [3.8, 4) is 0 Å².